The summed E-state index contributed by atoms with van der Waals surface area (Å²) in [5, 5.41) is 10.6. The Balaban J connectivity index is 1.53. The summed E-state index contributed by atoms with van der Waals surface area (Å²) in [7, 11) is -3.65. The van der Waals surface area contributed by atoms with Crippen LogP contribution in [-0.4, -0.2) is 48.3 Å². The molecule has 0 aromatic heterocycles. The SMILES string of the molecule is O=C(CSc1ccc([N+](=O)[O-])cc1)NNC(=O)c1cccc(S(=O)(=O)N2CCCC2)c1. The number of nitro benzene ring substituents is 1. The normalized spacial score (nSPS) is 14.2. The Morgan fingerprint density at radius 2 is 1.74 bits per heavy atom. The molecule has 1 heterocycles. The van der Waals surface area contributed by atoms with Crippen molar-refractivity contribution in [3.63, 3.8) is 0 Å². The molecular weight excluding hydrogens is 444 g/mol. The summed E-state index contributed by atoms with van der Waals surface area (Å²) in [5.74, 6) is -1.16. The Hall–Kier alpha value is -2.96. The molecule has 0 radical (unpaired) electrons. The number of rotatable bonds is 7. The summed E-state index contributed by atoms with van der Waals surface area (Å²) < 4.78 is 26.7. The molecule has 12 heteroatoms. The van der Waals surface area contributed by atoms with Crippen molar-refractivity contribution in [2.24, 2.45) is 0 Å². The van der Waals surface area contributed by atoms with E-state index in [9.17, 15) is 28.1 Å². The van der Waals surface area contributed by atoms with Gasteiger partial charge in [-0.15, -0.1) is 11.8 Å². The monoisotopic (exact) mass is 464 g/mol. The van der Waals surface area contributed by atoms with E-state index in [1.807, 2.05) is 0 Å². The van der Waals surface area contributed by atoms with Gasteiger partial charge in [-0.2, -0.15) is 4.31 Å². The number of carbonyl (C=O) groups is 2. The first kappa shape index (κ1) is 22.7. The zero-order chi connectivity index (χ0) is 22.4. The lowest BCUT2D eigenvalue weighted by Crippen LogP contribution is -2.42. The minimum atomic E-state index is -3.65. The highest BCUT2D eigenvalue weighted by molar-refractivity contribution is 8.00. The maximum atomic E-state index is 12.6. The second-order valence-corrected chi connectivity index (χ2v) is 9.67. The molecule has 10 nitrogen and oxygen atoms in total. The number of carbonyl (C=O) groups excluding carboxylic acids is 2. The highest BCUT2D eigenvalue weighted by Crippen LogP contribution is 2.22. The molecule has 164 valence electrons. The third-order valence-corrected chi connectivity index (χ3v) is 7.44. The van der Waals surface area contributed by atoms with Crippen molar-refractivity contribution >= 4 is 39.3 Å². The van der Waals surface area contributed by atoms with Gasteiger partial charge < -0.3 is 0 Å². The van der Waals surface area contributed by atoms with Crippen LogP contribution in [-0.2, 0) is 14.8 Å². The van der Waals surface area contributed by atoms with Crippen molar-refractivity contribution in [1.82, 2.24) is 15.2 Å². The van der Waals surface area contributed by atoms with E-state index in [4.69, 9.17) is 0 Å². The van der Waals surface area contributed by atoms with E-state index in [0.29, 0.717) is 18.0 Å². The van der Waals surface area contributed by atoms with Crippen LogP contribution in [0.3, 0.4) is 0 Å². The molecule has 1 saturated heterocycles. The second kappa shape index (κ2) is 9.90. The van der Waals surface area contributed by atoms with E-state index in [1.54, 1.807) is 0 Å². The van der Waals surface area contributed by atoms with Crippen LogP contribution < -0.4 is 10.9 Å². The molecule has 0 unspecified atom stereocenters. The summed E-state index contributed by atoms with van der Waals surface area (Å²) in [6.45, 7) is 0.919. The maximum Gasteiger partial charge on any atom is 0.269 e. The fourth-order valence-corrected chi connectivity index (χ4v) is 5.18. The van der Waals surface area contributed by atoms with E-state index in [-0.39, 0.29) is 21.9 Å². The van der Waals surface area contributed by atoms with Gasteiger partial charge >= 0.3 is 0 Å². The zero-order valence-corrected chi connectivity index (χ0v) is 17.9. The van der Waals surface area contributed by atoms with Gasteiger partial charge in [0, 0.05) is 35.7 Å². The van der Waals surface area contributed by atoms with Crippen LogP contribution in [0.1, 0.15) is 23.2 Å². The Bertz CT molecular complexity index is 1080. The van der Waals surface area contributed by atoms with Gasteiger partial charge in [-0.3, -0.25) is 30.6 Å². The van der Waals surface area contributed by atoms with Gasteiger partial charge in [-0.1, -0.05) is 6.07 Å². The molecule has 2 amide bonds. The van der Waals surface area contributed by atoms with Gasteiger partial charge in [0.15, 0.2) is 0 Å². The van der Waals surface area contributed by atoms with Gasteiger partial charge in [0.1, 0.15) is 0 Å². The molecule has 1 aliphatic rings. The molecule has 2 aromatic rings. The van der Waals surface area contributed by atoms with Crippen LogP contribution in [0.15, 0.2) is 58.3 Å². The fraction of sp³-hybridized carbons (Fsp3) is 0.263. The molecule has 0 bridgehead atoms. The van der Waals surface area contributed by atoms with Crippen molar-refractivity contribution in [1.29, 1.82) is 0 Å². The van der Waals surface area contributed by atoms with Crippen LogP contribution in [0.4, 0.5) is 5.69 Å². The van der Waals surface area contributed by atoms with Gasteiger partial charge in [0.05, 0.1) is 15.6 Å². The molecule has 0 saturated carbocycles. The molecular formula is C19H20N4O6S2. The van der Waals surface area contributed by atoms with Gasteiger partial charge in [0.2, 0.25) is 15.9 Å². The minimum absolute atomic E-state index is 0.0263. The van der Waals surface area contributed by atoms with Crippen LogP contribution >= 0.6 is 11.8 Å². The number of benzene rings is 2. The van der Waals surface area contributed by atoms with E-state index in [2.05, 4.69) is 10.9 Å². The number of hydrogen-bond donors (Lipinski definition) is 2. The number of thioether (sulfide) groups is 1. The average molecular weight is 465 g/mol. The van der Waals surface area contributed by atoms with Crippen molar-refractivity contribution < 1.29 is 22.9 Å². The van der Waals surface area contributed by atoms with E-state index >= 15 is 0 Å². The topological polar surface area (TPSA) is 139 Å². The van der Waals surface area contributed by atoms with Gasteiger partial charge in [-0.25, -0.2) is 8.42 Å². The summed E-state index contributed by atoms with van der Waals surface area (Å²) >= 11 is 1.15. The highest BCUT2D eigenvalue weighted by Gasteiger charge is 2.27. The largest absolute Gasteiger partial charge is 0.272 e. The molecule has 2 aromatic carbocycles. The summed E-state index contributed by atoms with van der Waals surface area (Å²) in [5.41, 5.74) is 4.58. The lowest BCUT2D eigenvalue weighted by Gasteiger charge is -2.16. The van der Waals surface area contributed by atoms with Crippen LogP contribution in [0.2, 0.25) is 0 Å². The lowest BCUT2D eigenvalue weighted by atomic mass is 10.2. The van der Waals surface area contributed by atoms with Gasteiger partial charge in [0.25, 0.3) is 11.6 Å². The van der Waals surface area contributed by atoms with Crippen molar-refractivity contribution in [3.8, 4) is 0 Å². The third kappa shape index (κ3) is 5.81. The standard InChI is InChI=1S/C19H20N4O6S2/c24-18(13-30-16-8-6-15(7-9-16)23(26)27)20-21-19(25)14-4-3-5-17(12-14)31(28,29)22-10-1-2-11-22/h3-9,12H,1-2,10-11,13H2,(H,20,24)(H,21,25). The number of sulfonamides is 1. The quantitative estimate of drug-likeness (QED) is 0.363. The maximum absolute atomic E-state index is 12.6. The predicted molar refractivity (Wildman–Crippen MR) is 114 cm³/mol. The second-order valence-electron chi connectivity index (χ2n) is 6.68. The molecule has 3 rings (SSSR count). The first-order valence-corrected chi connectivity index (χ1v) is 11.8. The fourth-order valence-electron chi connectivity index (χ4n) is 2.92. The Kier molecular flexibility index (Phi) is 7.25. The number of hydrogen-bond acceptors (Lipinski definition) is 7. The Labute approximate surface area is 183 Å². The molecule has 0 spiro atoms. The number of hydrazine groups is 1. The summed E-state index contributed by atoms with van der Waals surface area (Å²) in [6, 6.07) is 11.4. The Morgan fingerprint density at radius 3 is 2.39 bits per heavy atom. The molecule has 0 atom stereocenters. The lowest BCUT2D eigenvalue weighted by molar-refractivity contribution is -0.384. The number of non-ortho nitro benzene ring substituents is 1. The highest BCUT2D eigenvalue weighted by atomic mass is 32.2. The van der Waals surface area contributed by atoms with Crippen LogP contribution in [0, 0.1) is 10.1 Å². The molecule has 0 aliphatic carbocycles. The average Bonchev–Trinajstić information content (AvgIpc) is 3.32. The van der Waals surface area contributed by atoms with Gasteiger partial charge in [-0.05, 0) is 43.2 Å². The van der Waals surface area contributed by atoms with E-state index in [0.717, 1.165) is 24.6 Å². The van der Waals surface area contributed by atoms with Crippen molar-refractivity contribution in [2.75, 3.05) is 18.8 Å². The molecule has 1 fully saturated rings. The van der Waals surface area contributed by atoms with Crippen molar-refractivity contribution in [3.05, 3.63) is 64.2 Å². The Morgan fingerprint density at radius 1 is 1.06 bits per heavy atom. The smallest absolute Gasteiger partial charge is 0.269 e. The summed E-state index contributed by atoms with van der Waals surface area (Å²) in [4.78, 5) is 35.1. The summed E-state index contributed by atoms with van der Waals surface area (Å²) in [6.07, 6.45) is 1.62. The first-order chi connectivity index (χ1) is 14.8. The van der Waals surface area contributed by atoms with Crippen LogP contribution in [0.5, 0.6) is 0 Å². The zero-order valence-electron chi connectivity index (χ0n) is 16.3. The third-order valence-electron chi connectivity index (χ3n) is 4.53. The number of nitro groups is 1. The van der Waals surface area contributed by atoms with Crippen molar-refractivity contribution in [2.45, 2.75) is 22.6 Å². The number of nitrogens with one attached hydrogen (secondary N) is 2. The first-order valence-electron chi connectivity index (χ1n) is 9.34. The molecule has 1 aliphatic heterocycles. The van der Waals surface area contributed by atoms with Crippen LogP contribution in [0.25, 0.3) is 0 Å². The molecule has 2 N–H and O–H groups in total. The minimum Gasteiger partial charge on any atom is -0.272 e. The number of nitrogens with zero attached hydrogens (tertiary/aromatic N) is 2. The van der Waals surface area contributed by atoms with E-state index in [1.165, 1.54) is 52.8 Å². The molecule has 31 heavy (non-hydrogen) atoms. The predicted octanol–water partition coefficient (Wildman–Crippen LogP) is 1.93. The van der Waals surface area contributed by atoms with E-state index < -0.39 is 26.8 Å². The number of amides is 2.